The van der Waals surface area contributed by atoms with Crippen LogP contribution in [0, 0.1) is 0 Å². The van der Waals surface area contributed by atoms with Crippen LogP contribution in [0.15, 0.2) is 48.7 Å². The Bertz CT molecular complexity index is 540. The van der Waals surface area contributed by atoms with Crippen molar-refractivity contribution in [3.8, 4) is 0 Å². The second-order valence-corrected chi connectivity index (χ2v) is 4.10. The average Bonchev–Trinajstić information content (AvgIpc) is 2.39. The van der Waals surface area contributed by atoms with Crippen molar-refractivity contribution in [2.45, 2.75) is 12.8 Å². The minimum atomic E-state index is -0.268. The van der Waals surface area contributed by atoms with Gasteiger partial charge < -0.3 is 11.1 Å². The van der Waals surface area contributed by atoms with Crippen molar-refractivity contribution >= 4 is 17.4 Å². The summed E-state index contributed by atoms with van der Waals surface area (Å²) in [7, 11) is 0. The van der Waals surface area contributed by atoms with E-state index in [0.29, 0.717) is 11.5 Å². The molecule has 1 amide bonds. The first-order chi connectivity index (χ1) is 8.66. The van der Waals surface area contributed by atoms with Crippen molar-refractivity contribution in [2.75, 3.05) is 11.1 Å². The summed E-state index contributed by atoms with van der Waals surface area (Å²) >= 11 is 0. The number of nitrogen functional groups attached to an aromatic ring is 1. The summed E-state index contributed by atoms with van der Waals surface area (Å²) in [4.78, 5) is 16.1. The molecule has 2 aromatic rings. The van der Waals surface area contributed by atoms with Crippen molar-refractivity contribution < 1.29 is 4.79 Å². The SMILES string of the molecule is CC(C(=O)Nc1ccccn1)c1cccc(N)c1. The first-order valence-electron chi connectivity index (χ1n) is 5.74. The number of amides is 1. The lowest BCUT2D eigenvalue weighted by molar-refractivity contribution is -0.117. The third-order valence-electron chi connectivity index (χ3n) is 2.72. The number of aromatic nitrogens is 1. The highest BCUT2D eigenvalue weighted by molar-refractivity contribution is 5.94. The lowest BCUT2D eigenvalue weighted by Crippen LogP contribution is -2.19. The van der Waals surface area contributed by atoms with E-state index in [9.17, 15) is 4.79 Å². The molecule has 4 heteroatoms. The number of rotatable bonds is 3. The lowest BCUT2D eigenvalue weighted by atomic mass is 10.00. The summed E-state index contributed by atoms with van der Waals surface area (Å²) in [6, 6.07) is 12.7. The summed E-state index contributed by atoms with van der Waals surface area (Å²) in [6.45, 7) is 1.84. The zero-order valence-corrected chi connectivity index (χ0v) is 10.1. The Hall–Kier alpha value is -2.36. The molecule has 0 bridgehead atoms. The van der Waals surface area contributed by atoms with Crippen LogP contribution >= 0.6 is 0 Å². The molecule has 1 aromatic heterocycles. The third kappa shape index (κ3) is 2.85. The summed E-state index contributed by atoms with van der Waals surface area (Å²) in [5.74, 6) is 0.188. The molecule has 18 heavy (non-hydrogen) atoms. The predicted octanol–water partition coefficient (Wildman–Crippen LogP) is 2.41. The Labute approximate surface area is 106 Å². The van der Waals surface area contributed by atoms with Gasteiger partial charge in [-0.1, -0.05) is 18.2 Å². The number of nitrogens with one attached hydrogen (secondary N) is 1. The van der Waals surface area contributed by atoms with Crippen molar-refractivity contribution in [3.05, 3.63) is 54.2 Å². The zero-order chi connectivity index (χ0) is 13.0. The number of anilines is 2. The second kappa shape index (κ2) is 5.31. The van der Waals surface area contributed by atoms with Gasteiger partial charge in [0.2, 0.25) is 5.91 Å². The molecule has 92 valence electrons. The zero-order valence-electron chi connectivity index (χ0n) is 10.1. The molecule has 0 saturated heterocycles. The Balaban J connectivity index is 2.10. The van der Waals surface area contributed by atoms with E-state index in [1.54, 1.807) is 24.4 Å². The van der Waals surface area contributed by atoms with Crippen LogP contribution in [-0.4, -0.2) is 10.9 Å². The van der Waals surface area contributed by atoms with Gasteiger partial charge in [0.05, 0.1) is 5.92 Å². The maximum absolute atomic E-state index is 12.0. The van der Waals surface area contributed by atoms with Crippen molar-refractivity contribution in [3.63, 3.8) is 0 Å². The van der Waals surface area contributed by atoms with Crippen LogP contribution in [0.5, 0.6) is 0 Å². The molecular formula is C14H15N3O. The molecule has 0 aliphatic rings. The van der Waals surface area contributed by atoms with Gasteiger partial charge in [-0.25, -0.2) is 4.98 Å². The van der Waals surface area contributed by atoms with Gasteiger partial charge in [0.25, 0.3) is 0 Å². The van der Waals surface area contributed by atoms with Crippen LogP contribution in [0.4, 0.5) is 11.5 Å². The number of carbonyl (C=O) groups excluding carboxylic acids is 1. The Morgan fingerprint density at radius 1 is 1.28 bits per heavy atom. The predicted molar refractivity (Wildman–Crippen MR) is 72.1 cm³/mol. The molecular weight excluding hydrogens is 226 g/mol. The molecule has 0 spiro atoms. The molecule has 4 nitrogen and oxygen atoms in total. The van der Waals surface area contributed by atoms with E-state index in [0.717, 1.165) is 5.56 Å². The summed E-state index contributed by atoms with van der Waals surface area (Å²) in [5.41, 5.74) is 7.25. The molecule has 0 aliphatic heterocycles. The van der Waals surface area contributed by atoms with E-state index >= 15 is 0 Å². The Kier molecular flexibility index (Phi) is 3.57. The first kappa shape index (κ1) is 12.1. The van der Waals surface area contributed by atoms with E-state index in [4.69, 9.17) is 5.73 Å². The maximum Gasteiger partial charge on any atom is 0.232 e. The lowest BCUT2D eigenvalue weighted by Gasteiger charge is -2.12. The fraction of sp³-hybridized carbons (Fsp3) is 0.143. The van der Waals surface area contributed by atoms with Crippen molar-refractivity contribution in [2.24, 2.45) is 0 Å². The normalized spacial score (nSPS) is 11.8. The number of pyridine rings is 1. The van der Waals surface area contributed by atoms with E-state index in [2.05, 4.69) is 10.3 Å². The summed E-state index contributed by atoms with van der Waals surface area (Å²) in [5, 5.41) is 2.77. The van der Waals surface area contributed by atoms with E-state index in [1.165, 1.54) is 0 Å². The van der Waals surface area contributed by atoms with Crippen LogP contribution in [0.3, 0.4) is 0 Å². The summed E-state index contributed by atoms with van der Waals surface area (Å²) in [6.07, 6.45) is 1.64. The number of nitrogens with two attached hydrogens (primary N) is 1. The molecule has 1 unspecified atom stereocenters. The minimum Gasteiger partial charge on any atom is -0.399 e. The van der Waals surface area contributed by atoms with Gasteiger partial charge in [-0.2, -0.15) is 0 Å². The molecule has 1 aromatic carbocycles. The van der Waals surface area contributed by atoms with Crippen LogP contribution in [0.1, 0.15) is 18.4 Å². The quantitative estimate of drug-likeness (QED) is 0.811. The Morgan fingerprint density at radius 2 is 2.11 bits per heavy atom. The molecule has 0 radical (unpaired) electrons. The standard InChI is InChI=1S/C14H15N3O/c1-10(11-5-4-6-12(15)9-11)14(18)17-13-7-2-3-8-16-13/h2-10H,15H2,1H3,(H,16,17,18). The highest BCUT2D eigenvalue weighted by Crippen LogP contribution is 2.19. The monoisotopic (exact) mass is 241 g/mol. The number of nitrogens with zero attached hydrogens (tertiary/aromatic N) is 1. The topological polar surface area (TPSA) is 68.0 Å². The Morgan fingerprint density at radius 3 is 2.78 bits per heavy atom. The van der Waals surface area contributed by atoms with Gasteiger partial charge in [0.1, 0.15) is 5.82 Å². The van der Waals surface area contributed by atoms with E-state index in [-0.39, 0.29) is 11.8 Å². The smallest absolute Gasteiger partial charge is 0.232 e. The van der Waals surface area contributed by atoms with Crippen LogP contribution in [-0.2, 0) is 4.79 Å². The van der Waals surface area contributed by atoms with Gasteiger partial charge in [-0.05, 0) is 36.8 Å². The van der Waals surface area contributed by atoms with Crippen LogP contribution in [0.2, 0.25) is 0 Å². The van der Waals surface area contributed by atoms with Gasteiger partial charge in [0.15, 0.2) is 0 Å². The number of hydrogen-bond donors (Lipinski definition) is 2. The minimum absolute atomic E-state index is 0.0979. The maximum atomic E-state index is 12.0. The van der Waals surface area contributed by atoms with Gasteiger partial charge in [-0.3, -0.25) is 4.79 Å². The van der Waals surface area contributed by atoms with Gasteiger partial charge in [0, 0.05) is 11.9 Å². The number of benzene rings is 1. The summed E-state index contributed by atoms with van der Waals surface area (Å²) < 4.78 is 0. The molecule has 0 saturated carbocycles. The van der Waals surface area contributed by atoms with E-state index < -0.39 is 0 Å². The van der Waals surface area contributed by atoms with Crippen molar-refractivity contribution in [1.29, 1.82) is 0 Å². The largest absolute Gasteiger partial charge is 0.399 e. The van der Waals surface area contributed by atoms with E-state index in [1.807, 2.05) is 31.2 Å². The highest BCUT2D eigenvalue weighted by atomic mass is 16.1. The van der Waals surface area contributed by atoms with Crippen molar-refractivity contribution in [1.82, 2.24) is 4.98 Å². The van der Waals surface area contributed by atoms with Gasteiger partial charge >= 0.3 is 0 Å². The molecule has 1 atom stereocenters. The number of carbonyl (C=O) groups is 1. The van der Waals surface area contributed by atoms with Gasteiger partial charge in [-0.15, -0.1) is 0 Å². The number of hydrogen-bond acceptors (Lipinski definition) is 3. The fourth-order valence-electron chi connectivity index (χ4n) is 1.65. The molecule has 0 fully saturated rings. The third-order valence-corrected chi connectivity index (χ3v) is 2.72. The fourth-order valence-corrected chi connectivity index (χ4v) is 1.65. The first-order valence-corrected chi connectivity index (χ1v) is 5.74. The molecule has 3 N–H and O–H groups in total. The van der Waals surface area contributed by atoms with Crippen LogP contribution in [0.25, 0.3) is 0 Å². The molecule has 1 heterocycles. The van der Waals surface area contributed by atoms with Crippen LogP contribution < -0.4 is 11.1 Å². The molecule has 2 rings (SSSR count). The molecule has 0 aliphatic carbocycles. The highest BCUT2D eigenvalue weighted by Gasteiger charge is 2.15. The average molecular weight is 241 g/mol. The second-order valence-electron chi connectivity index (χ2n) is 4.10.